The summed E-state index contributed by atoms with van der Waals surface area (Å²) in [6.07, 6.45) is -4.44. The molecule has 0 bridgehead atoms. The number of hydrogen-bond acceptors (Lipinski definition) is 6. The number of benzene rings is 2. The zero-order chi connectivity index (χ0) is 22.1. The van der Waals surface area contributed by atoms with Crippen molar-refractivity contribution in [2.45, 2.75) is 26.6 Å². The van der Waals surface area contributed by atoms with E-state index in [2.05, 4.69) is 10.3 Å². The lowest BCUT2D eigenvalue weighted by molar-refractivity contribution is -0.137. The van der Waals surface area contributed by atoms with Crippen LogP contribution in [0.25, 0.3) is 0 Å². The number of oxime groups is 2. The molecule has 0 aromatic heterocycles. The van der Waals surface area contributed by atoms with Crippen molar-refractivity contribution in [3.05, 3.63) is 70.8 Å². The minimum atomic E-state index is -4.44. The number of hydrogen-bond donors (Lipinski definition) is 0. The lowest BCUT2D eigenvalue weighted by Gasteiger charge is -2.11. The second-order valence-electron chi connectivity index (χ2n) is 6.03. The Morgan fingerprint density at radius 3 is 2.47 bits per heavy atom. The van der Waals surface area contributed by atoms with Gasteiger partial charge in [0.15, 0.2) is 5.71 Å². The standard InChI is InChI=1S/C21H21F3N2O4/c1-4-29-20(27)19(26-28-3)18-11-6-5-8-16(18)13-30-25-14(2)15-9-7-10-17(12-15)21(22,23)24/h5-12H,4,13H2,1-3H3/b25-14+,26-19+. The van der Waals surface area contributed by atoms with Gasteiger partial charge in [0, 0.05) is 11.1 Å². The van der Waals surface area contributed by atoms with Crippen LogP contribution in [0.4, 0.5) is 13.2 Å². The Balaban J connectivity index is 2.21. The Kier molecular flexibility index (Phi) is 7.97. The van der Waals surface area contributed by atoms with Crippen molar-refractivity contribution in [2.75, 3.05) is 13.7 Å². The van der Waals surface area contributed by atoms with Crippen LogP contribution in [0.15, 0.2) is 58.8 Å². The first-order valence-electron chi connectivity index (χ1n) is 8.98. The summed E-state index contributed by atoms with van der Waals surface area (Å²) in [6, 6.07) is 11.6. The Labute approximate surface area is 171 Å². The highest BCUT2D eigenvalue weighted by Crippen LogP contribution is 2.29. The van der Waals surface area contributed by atoms with Gasteiger partial charge >= 0.3 is 12.1 Å². The van der Waals surface area contributed by atoms with Gasteiger partial charge in [-0.3, -0.25) is 0 Å². The fourth-order valence-electron chi connectivity index (χ4n) is 2.54. The summed E-state index contributed by atoms with van der Waals surface area (Å²) < 4.78 is 43.6. The second-order valence-corrected chi connectivity index (χ2v) is 6.03. The summed E-state index contributed by atoms with van der Waals surface area (Å²) in [4.78, 5) is 22.2. The molecule has 2 rings (SSSR count). The fraction of sp³-hybridized carbons (Fsp3) is 0.286. The Morgan fingerprint density at radius 2 is 1.80 bits per heavy atom. The molecule has 0 aliphatic heterocycles. The minimum Gasteiger partial charge on any atom is -0.461 e. The van der Waals surface area contributed by atoms with Crippen LogP contribution >= 0.6 is 0 Å². The zero-order valence-electron chi connectivity index (χ0n) is 16.7. The SMILES string of the molecule is CCOC(=O)/C(=N/OC)c1ccccc1CO/N=C(\C)c1cccc(C(F)(F)F)c1. The van der Waals surface area contributed by atoms with Crippen LogP contribution in [0.3, 0.4) is 0 Å². The molecule has 0 saturated carbocycles. The monoisotopic (exact) mass is 422 g/mol. The van der Waals surface area contributed by atoms with Gasteiger partial charge in [0.05, 0.1) is 17.9 Å². The van der Waals surface area contributed by atoms with Crippen molar-refractivity contribution >= 4 is 17.4 Å². The Bertz CT molecular complexity index is 940. The number of alkyl halides is 3. The Morgan fingerprint density at radius 1 is 1.07 bits per heavy atom. The maximum absolute atomic E-state index is 12.9. The predicted octanol–water partition coefficient (Wildman–Crippen LogP) is 4.56. The maximum Gasteiger partial charge on any atom is 0.416 e. The average Bonchev–Trinajstić information content (AvgIpc) is 2.72. The van der Waals surface area contributed by atoms with Gasteiger partial charge in [-0.25, -0.2) is 4.79 Å². The van der Waals surface area contributed by atoms with E-state index in [4.69, 9.17) is 14.4 Å². The van der Waals surface area contributed by atoms with Crippen LogP contribution in [0.2, 0.25) is 0 Å². The molecule has 0 spiro atoms. The van der Waals surface area contributed by atoms with Crippen LogP contribution < -0.4 is 0 Å². The quantitative estimate of drug-likeness (QED) is 0.355. The number of nitrogens with zero attached hydrogens (tertiary/aromatic N) is 2. The van der Waals surface area contributed by atoms with Crippen LogP contribution in [-0.4, -0.2) is 31.1 Å². The molecule has 0 saturated heterocycles. The molecule has 0 atom stereocenters. The lowest BCUT2D eigenvalue weighted by atomic mass is 10.0. The predicted molar refractivity (Wildman–Crippen MR) is 105 cm³/mol. The van der Waals surface area contributed by atoms with E-state index >= 15 is 0 Å². The third kappa shape index (κ3) is 6.07. The molecule has 0 fully saturated rings. The van der Waals surface area contributed by atoms with E-state index < -0.39 is 17.7 Å². The summed E-state index contributed by atoms with van der Waals surface area (Å²) in [5.74, 6) is -0.657. The molecule has 6 nitrogen and oxygen atoms in total. The van der Waals surface area contributed by atoms with Gasteiger partial charge in [0.25, 0.3) is 0 Å². The summed E-state index contributed by atoms with van der Waals surface area (Å²) >= 11 is 0. The van der Waals surface area contributed by atoms with E-state index in [-0.39, 0.29) is 30.2 Å². The number of carbonyl (C=O) groups is 1. The molecule has 0 amide bonds. The van der Waals surface area contributed by atoms with Crippen LogP contribution in [0, 0.1) is 0 Å². The molecule has 30 heavy (non-hydrogen) atoms. The van der Waals surface area contributed by atoms with Crippen molar-refractivity contribution in [3.63, 3.8) is 0 Å². The molecule has 0 unspecified atom stereocenters. The summed E-state index contributed by atoms with van der Waals surface area (Å²) in [5, 5.41) is 7.64. The topological polar surface area (TPSA) is 69.5 Å². The Hall–Kier alpha value is -3.36. The highest BCUT2D eigenvalue weighted by Gasteiger charge is 2.30. The molecule has 160 valence electrons. The smallest absolute Gasteiger partial charge is 0.416 e. The molecule has 2 aromatic carbocycles. The van der Waals surface area contributed by atoms with Gasteiger partial charge in [0.2, 0.25) is 0 Å². The van der Waals surface area contributed by atoms with Crippen LogP contribution in [0.1, 0.15) is 36.1 Å². The highest BCUT2D eigenvalue weighted by atomic mass is 19.4. The molecule has 2 aromatic rings. The van der Waals surface area contributed by atoms with Crippen molar-refractivity contribution in [3.8, 4) is 0 Å². The number of esters is 1. The number of carbonyl (C=O) groups excluding carboxylic acids is 1. The molecule has 9 heteroatoms. The first-order valence-corrected chi connectivity index (χ1v) is 8.98. The average molecular weight is 422 g/mol. The molecular formula is C21H21F3N2O4. The number of halogens is 3. The first-order chi connectivity index (χ1) is 14.3. The van der Waals surface area contributed by atoms with Crippen LogP contribution in [-0.2, 0) is 32.0 Å². The van der Waals surface area contributed by atoms with Crippen molar-refractivity contribution in [2.24, 2.45) is 10.3 Å². The second kappa shape index (κ2) is 10.4. The van der Waals surface area contributed by atoms with Crippen molar-refractivity contribution in [1.29, 1.82) is 0 Å². The van der Waals surface area contributed by atoms with Crippen LogP contribution in [0.5, 0.6) is 0 Å². The summed E-state index contributed by atoms with van der Waals surface area (Å²) in [6.45, 7) is 3.33. The highest BCUT2D eigenvalue weighted by molar-refractivity contribution is 6.43. The molecule has 0 aliphatic rings. The normalized spacial score (nSPS) is 12.5. The van der Waals surface area contributed by atoms with Crippen molar-refractivity contribution in [1.82, 2.24) is 0 Å². The van der Waals surface area contributed by atoms with E-state index in [0.29, 0.717) is 11.1 Å². The third-order valence-corrected chi connectivity index (χ3v) is 3.95. The molecule has 0 radical (unpaired) electrons. The van der Waals surface area contributed by atoms with E-state index in [9.17, 15) is 18.0 Å². The van der Waals surface area contributed by atoms with E-state index in [1.807, 2.05) is 0 Å². The number of ether oxygens (including phenoxy) is 1. The van der Waals surface area contributed by atoms with E-state index in [1.54, 1.807) is 31.2 Å². The third-order valence-electron chi connectivity index (χ3n) is 3.95. The van der Waals surface area contributed by atoms with E-state index in [1.165, 1.54) is 26.2 Å². The summed E-state index contributed by atoms with van der Waals surface area (Å²) in [7, 11) is 1.31. The van der Waals surface area contributed by atoms with E-state index in [0.717, 1.165) is 12.1 Å². The molecular weight excluding hydrogens is 401 g/mol. The lowest BCUT2D eigenvalue weighted by Crippen LogP contribution is -2.20. The van der Waals surface area contributed by atoms with Gasteiger partial charge in [-0.2, -0.15) is 13.2 Å². The zero-order valence-corrected chi connectivity index (χ0v) is 16.7. The maximum atomic E-state index is 12.9. The van der Waals surface area contributed by atoms with Gasteiger partial charge < -0.3 is 14.4 Å². The largest absolute Gasteiger partial charge is 0.461 e. The summed E-state index contributed by atoms with van der Waals surface area (Å²) in [5.41, 5.74) is 0.763. The van der Waals surface area contributed by atoms with Gasteiger partial charge in [-0.05, 0) is 31.5 Å². The minimum absolute atomic E-state index is 0.0304. The van der Waals surface area contributed by atoms with Gasteiger partial charge in [-0.15, -0.1) is 0 Å². The van der Waals surface area contributed by atoms with Crippen molar-refractivity contribution < 1.29 is 32.4 Å². The molecule has 0 aliphatic carbocycles. The first kappa shape index (κ1) is 22.9. The molecule has 0 N–H and O–H groups in total. The van der Waals surface area contributed by atoms with Gasteiger partial charge in [0.1, 0.15) is 13.7 Å². The van der Waals surface area contributed by atoms with Gasteiger partial charge in [-0.1, -0.05) is 46.7 Å². The molecule has 0 heterocycles. The fourth-order valence-corrected chi connectivity index (χ4v) is 2.54. The number of rotatable bonds is 8.